The van der Waals surface area contributed by atoms with Gasteiger partial charge in [0.1, 0.15) is 4.99 Å². The first-order chi connectivity index (χ1) is 11.0. The van der Waals surface area contributed by atoms with Crippen LogP contribution in [-0.4, -0.2) is 24.9 Å². The largest absolute Gasteiger partial charge is 0.389 e. The Kier molecular flexibility index (Phi) is 3.85. The van der Waals surface area contributed by atoms with Gasteiger partial charge in [-0.25, -0.2) is 9.97 Å². The number of thiocarbonyl (C=S) groups is 1. The summed E-state index contributed by atoms with van der Waals surface area (Å²) in [5, 5.41) is 3.18. The lowest BCUT2D eigenvalue weighted by Crippen LogP contribution is -2.15. The molecule has 0 atom stereocenters. The van der Waals surface area contributed by atoms with E-state index in [0.717, 1.165) is 11.3 Å². The summed E-state index contributed by atoms with van der Waals surface area (Å²) in [6.07, 6.45) is 1.55. The van der Waals surface area contributed by atoms with Gasteiger partial charge in [-0.1, -0.05) is 12.2 Å². The summed E-state index contributed by atoms with van der Waals surface area (Å²) in [5.74, 6) is 0.0144. The molecule has 0 amide bonds. The van der Waals surface area contributed by atoms with Crippen LogP contribution >= 0.6 is 12.2 Å². The predicted octanol–water partition coefficient (Wildman–Crippen LogP) is 0.542. The number of nitrogens with zero attached hydrogens (tertiary/aromatic N) is 3. The molecule has 9 heteroatoms. The number of hydrogen-bond acceptors (Lipinski definition) is 7. The van der Waals surface area contributed by atoms with Crippen molar-refractivity contribution in [1.29, 1.82) is 0 Å². The van der Waals surface area contributed by atoms with Gasteiger partial charge in [-0.2, -0.15) is 4.98 Å². The van der Waals surface area contributed by atoms with Crippen LogP contribution in [0.1, 0.15) is 11.3 Å². The third-order valence-electron chi connectivity index (χ3n) is 3.13. The van der Waals surface area contributed by atoms with E-state index in [1.54, 1.807) is 6.20 Å². The van der Waals surface area contributed by atoms with Crippen LogP contribution < -0.4 is 22.3 Å². The van der Waals surface area contributed by atoms with Crippen LogP contribution in [0.25, 0.3) is 11.2 Å². The van der Waals surface area contributed by atoms with E-state index in [-0.39, 0.29) is 17.1 Å². The number of hydrogen-bond donors (Lipinski definition) is 4. The second-order valence-corrected chi connectivity index (χ2v) is 5.22. The summed E-state index contributed by atoms with van der Waals surface area (Å²) in [6.45, 7) is 0.402. The molecule has 0 radical (unpaired) electrons. The van der Waals surface area contributed by atoms with Gasteiger partial charge in [0.2, 0.25) is 5.95 Å². The molecule has 0 saturated carbocycles. The lowest BCUT2D eigenvalue weighted by atomic mass is 10.2. The lowest BCUT2D eigenvalue weighted by molar-refractivity contribution is 1.02. The Balaban J connectivity index is 1.79. The number of H-pyrrole nitrogens is 1. The fourth-order valence-corrected chi connectivity index (χ4v) is 2.14. The highest BCUT2D eigenvalue weighted by molar-refractivity contribution is 7.80. The monoisotopic (exact) mass is 327 g/mol. The third kappa shape index (κ3) is 3.24. The Morgan fingerprint density at radius 1 is 1.26 bits per heavy atom. The SMILES string of the molecule is NC(=S)c1ccc(NCc2cnc3nc(N)[nH]c(=O)c3n2)cc1. The van der Waals surface area contributed by atoms with Gasteiger partial charge >= 0.3 is 0 Å². The fourth-order valence-electron chi connectivity index (χ4n) is 2.00. The summed E-state index contributed by atoms with van der Waals surface area (Å²) in [5.41, 5.74) is 13.3. The summed E-state index contributed by atoms with van der Waals surface area (Å²) >= 11 is 4.90. The van der Waals surface area contributed by atoms with E-state index in [1.807, 2.05) is 24.3 Å². The van der Waals surface area contributed by atoms with E-state index < -0.39 is 5.56 Å². The van der Waals surface area contributed by atoms with Gasteiger partial charge < -0.3 is 16.8 Å². The smallest absolute Gasteiger partial charge is 0.280 e. The van der Waals surface area contributed by atoms with E-state index >= 15 is 0 Å². The molecule has 0 aliphatic rings. The highest BCUT2D eigenvalue weighted by atomic mass is 32.1. The van der Waals surface area contributed by atoms with Crippen molar-refractivity contribution in [3.05, 3.63) is 52.1 Å². The van der Waals surface area contributed by atoms with E-state index in [9.17, 15) is 4.79 Å². The van der Waals surface area contributed by atoms with Gasteiger partial charge in [0, 0.05) is 11.3 Å². The molecule has 23 heavy (non-hydrogen) atoms. The molecular weight excluding hydrogens is 314 g/mol. The van der Waals surface area contributed by atoms with Crippen molar-refractivity contribution in [3.8, 4) is 0 Å². The molecule has 3 rings (SSSR count). The Hall–Kier alpha value is -3.07. The van der Waals surface area contributed by atoms with Crippen molar-refractivity contribution >= 4 is 40.0 Å². The topological polar surface area (TPSA) is 136 Å². The van der Waals surface area contributed by atoms with Gasteiger partial charge in [-0.15, -0.1) is 0 Å². The lowest BCUT2D eigenvalue weighted by Gasteiger charge is -2.07. The summed E-state index contributed by atoms with van der Waals surface area (Å²) in [6, 6.07) is 7.37. The summed E-state index contributed by atoms with van der Waals surface area (Å²) in [7, 11) is 0. The van der Waals surface area contributed by atoms with E-state index in [4.69, 9.17) is 23.7 Å². The van der Waals surface area contributed by atoms with Crippen LogP contribution in [0.15, 0.2) is 35.3 Å². The molecule has 0 spiro atoms. The fraction of sp³-hybridized carbons (Fsp3) is 0.0714. The zero-order valence-electron chi connectivity index (χ0n) is 11.9. The molecule has 6 N–H and O–H groups in total. The van der Waals surface area contributed by atoms with Crippen LogP contribution in [0.3, 0.4) is 0 Å². The van der Waals surface area contributed by atoms with E-state index in [0.29, 0.717) is 17.2 Å². The molecule has 0 saturated heterocycles. The number of rotatable bonds is 4. The zero-order valence-corrected chi connectivity index (χ0v) is 12.7. The number of nitrogen functional groups attached to an aromatic ring is 1. The van der Waals surface area contributed by atoms with Gasteiger partial charge in [0.25, 0.3) is 5.56 Å². The van der Waals surface area contributed by atoms with Gasteiger partial charge in [0.15, 0.2) is 11.2 Å². The summed E-state index contributed by atoms with van der Waals surface area (Å²) in [4.78, 5) is 26.8. The van der Waals surface area contributed by atoms with Gasteiger partial charge in [-0.05, 0) is 24.3 Å². The maximum Gasteiger partial charge on any atom is 0.280 e. The molecule has 0 fully saturated rings. The van der Waals surface area contributed by atoms with Crippen molar-refractivity contribution in [2.45, 2.75) is 6.54 Å². The highest BCUT2D eigenvalue weighted by Gasteiger charge is 2.06. The van der Waals surface area contributed by atoms with Crippen LogP contribution in [0.2, 0.25) is 0 Å². The van der Waals surface area contributed by atoms with Crippen LogP contribution in [0.4, 0.5) is 11.6 Å². The molecule has 116 valence electrons. The Morgan fingerprint density at radius 2 is 2.00 bits per heavy atom. The minimum Gasteiger partial charge on any atom is -0.389 e. The standard InChI is InChI=1S/C14H13N7OS/c15-11(23)7-1-3-8(4-2-7)17-5-9-6-18-12-10(19-9)13(22)21-14(16)20-12/h1-4,6,17H,5H2,(H2,15,23)(H3,16,18,20,21,22). The number of aromatic amines is 1. The van der Waals surface area contributed by atoms with Gasteiger partial charge in [-0.3, -0.25) is 9.78 Å². The second kappa shape index (κ2) is 5.97. The molecule has 0 bridgehead atoms. The summed E-state index contributed by atoms with van der Waals surface area (Å²) < 4.78 is 0. The van der Waals surface area contributed by atoms with Crippen LogP contribution in [0.5, 0.6) is 0 Å². The third-order valence-corrected chi connectivity index (χ3v) is 3.36. The Labute approximate surface area is 136 Å². The molecule has 2 aromatic heterocycles. The van der Waals surface area contributed by atoms with Crippen molar-refractivity contribution < 1.29 is 0 Å². The number of nitrogens with one attached hydrogen (secondary N) is 2. The maximum atomic E-state index is 11.8. The van der Waals surface area contributed by atoms with E-state index in [1.165, 1.54) is 0 Å². The minimum atomic E-state index is -0.414. The predicted molar refractivity (Wildman–Crippen MR) is 92.0 cm³/mol. The first-order valence-electron chi connectivity index (χ1n) is 6.68. The molecule has 8 nitrogen and oxygen atoms in total. The van der Waals surface area contributed by atoms with Crippen molar-refractivity contribution in [1.82, 2.24) is 19.9 Å². The number of fused-ring (bicyclic) bond motifs is 1. The first kappa shape index (κ1) is 14.9. The normalized spacial score (nSPS) is 10.6. The number of benzene rings is 1. The zero-order chi connectivity index (χ0) is 16.4. The van der Waals surface area contributed by atoms with Gasteiger partial charge in [0.05, 0.1) is 18.4 Å². The van der Waals surface area contributed by atoms with Crippen LogP contribution in [-0.2, 0) is 6.54 Å². The molecule has 0 aliphatic carbocycles. The average Bonchev–Trinajstić information content (AvgIpc) is 2.53. The quantitative estimate of drug-likeness (QED) is 0.510. The average molecular weight is 327 g/mol. The van der Waals surface area contributed by atoms with Crippen LogP contribution in [0, 0.1) is 0 Å². The molecule has 2 heterocycles. The maximum absolute atomic E-state index is 11.8. The number of nitrogens with two attached hydrogens (primary N) is 2. The van der Waals surface area contributed by atoms with Crippen molar-refractivity contribution in [3.63, 3.8) is 0 Å². The first-order valence-corrected chi connectivity index (χ1v) is 7.09. The molecule has 0 aliphatic heterocycles. The second-order valence-electron chi connectivity index (χ2n) is 4.78. The molecule has 3 aromatic rings. The highest BCUT2D eigenvalue weighted by Crippen LogP contribution is 2.11. The van der Waals surface area contributed by atoms with E-state index in [2.05, 4.69) is 25.3 Å². The number of anilines is 2. The molecule has 1 aromatic carbocycles. The van der Waals surface area contributed by atoms with Crippen molar-refractivity contribution in [2.24, 2.45) is 5.73 Å². The molecule has 0 unspecified atom stereocenters. The Bertz CT molecular complexity index is 936. The Morgan fingerprint density at radius 3 is 2.70 bits per heavy atom. The van der Waals surface area contributed by atoms with Crippen molar-refractivity contribution in [2.75, 3.05) is 11.1 Å². The number of aromatic nitrogens is 4. The minimum absolute atomic E-state index is 0.0144. The molecular formula is C14H13N7OS.